The molecule has 0 spiro atoms. The molecule has 0 unspecified atom stereocenters. The van der Waals surface area contributed by atoms with E-state index < -0.39 is 0 Å². The Morgan fingerprint density at radius 3 is 2.73 bits per heavy atom. The molecule has 1 heterocycles. The Balaban J connectivity index is 2.60. The number of benzene rings is 1. The summed E-state index contributed by atoms with van der Waals surface area (Å²) in [5.74, 6) is 0. The molecule has 1 aromatic heterocycles. The lowest BCUT2D eigenvalue weighted by Crippen LogP contribution is -2.17. The molecule has 15 heavy (non-hydrogen) atoms. The van der Waals surface area contributed by atoms with Gasteiger partial charge in [-0.05, 0) is 6.07 Å². The van der Waals surface area contributed by atoms with E-state index in [9.17, 15) is 4.79 Å². The van der Waals surface area contributed by atoms with Gasteiger partial charge in [-0.2, -0.15) is 5.10 Å². The van der Waals surface area contributed by atoms with E-state index in [0.29, 0.717) is 5.69 Å². The molecule has 0 aliphatic carbocycles. The van der Waals surface area contributed by atoms with Gasteiger partial charge >= 0.3 is 0 Å². The second-order valence-corrected chi connectivity index (χ2v) is 3.29. The van der Waals surface area contributed by atoms with Crippen molar-refractivity contribution in [2.24, 2.45) is 7.05 Å². The second kappa shape index (κ2) is 3.57. The minimum absolute atomic E-state index is 0.143. The van der Waals surface area contributed by atoms with E-state index in [2.05, 4.69) is 5.10 Å². The number of nitrogens with two attached hydrogens (primary N) is 1. The van der Waals surface area contributed by atoms with E-state index in [1.54, 1.807) is 19.3 Å². The molecule has 2 N–H and O–H groups in total. The largest absolute Gasteiger partial charge is 0.398 e. The molecule has 0 saturated heterocycles. The minimum atomic E-state index is -0.143. The molecule has 1 aromatic carbocycles. The van der Waals surface area contributed by atoms with Gasteiger partial charge in [-0.25, -0.2) is 4.68 Å². The molecule has 4 nitrogen and oxygen atoms in total. The number of nitrogen functional groups attached to an aromatic ring is 1. The van der Waals surface area contributed by atoms with Crippen molar-refractivity contribution < 1.29 is 0 Å². The zero-order valence-corrected chi connectivity index (χ0v) is 8.34. The number of aromatic nitrogens is 2. The molecule has 2 aromatic rings. The highest BCUT2D eigenvalue weighted by Gasteiger charge is 2.03. The molecule has 0 aliphatic heterocycles. The summed E-state index contributed by atoms with van der Waals surface area (Å²) in [7, 11) is 1.61. The summed E-state index contributed by atoms with van der Waals surface area (Å²) in [5.41, 5.74) is 7.89. The van der Waals surface area contributed by atoms with E-state index in [1.807, 2.05) is 18.2 Å². The first kappa shape index (κ1) is 9.45. The van der Waals surface area contributed by atoms with Gasteiger partial charge in [0.2, 0.25) is 0 Å². The molecule has 0 fully saturated rings. The van der Waals surface area contributed by atoms with Crippen LogP contribution in [0.3, 0.4) is 0 Å². The van der Waals surface area contributed by atoms with E-state index in [1.165, 1.54) is 10.7 Å². The second-order valence-electron chi connectivity index (χ2n) is 3.29. The highest BCUT2D eigenvalue weighted by atomic mass is 16.1. The fraction of sp³-hybridized carbons (Fsp3) is 0.0909. The molecule has 0 atom stereocenters. The standard InChI is InChI=1S/C11H11N3O/c1-14-11(15)6-8(7-13-14)9-4-2-3-5-10(9)12/h2-7H,12H2,1H3. The topological polar surface area (TPSA) is 60.9 Å². The molecule has 76 valence electrons. The van der Waals surface area contributed by atoms with Crippen LogP contribution < -0.4 is 11.3 Å². The molecule has 4 heteroatoms. The summed E-state index contributed by atoms with van der Waals surface area (Å²) >= 11 is 0. The van der Waals surface area contributed by atoms with Crippen LogP contribution in [0.15, 0.2) is 41.3 Å². The van der Waals surface area contributed by atoms with Crippen molar-refractivity contribution in [2.75, 3.05) is 5.73 Å². The van der Waals surface area contributed by atoms with Gasteiger partial charge in [0.1, 0.15) is 0 Å². The third-order valence-electron chi connectivity index (χ3n) is 2.24. The Morgan fingerprint density at radius 2 is 2.07 bits per heavy atom. The van der Waals surface area contributed by atoms with Crippen LogP contribution in [0.1, 0.15) is 0 Å². The maximum Gasteiger partial charge on any atom is 0.267 e. The third-order valence-corrected chi connectivity index (χ3v) is 2.24. The highest BCUT2D eigenvalue weighted by molar-refractivity contribution is 5.75. The number of nitrogens with zero attached hydrogens (tertiary/aromatic N) is 2. The van der Waals surface area contributed by atoms with Crippen LogP contribution >= 0.6 is 0 Å². The molecule has 0 amide bonds. The Kier molecular flexibility index (Phi) is 2.25. The van der Waals surface area contributed by atoms with Crippen molar-refractivity contribution in [1.82, 2.24) is 9.78 Å². The number of hydrogen-bond acceptors (Lipinski definition) is 3. The molecule has 0 saturated carbocycles. The Morgan fingerprint density at radius 1 is 1.33 bits per heavy atom. The van der Waals surface area contributed by atoms with Gasteiger partial charge in [0.15, 0.2) is 0 Å². The highest BCUT2D eigenvalue weighted by Crippen LogP contribution is 2.22. The third kappa shape index (κ3) is 1.74. The van der Waals surface area contributed by atoms with Gasteiger partial charge in [-0.3, -0.25) is 4.79 Å². The SMILES string of the molecule is Cn1ncc(-c2ccccc2N)cc1=O. The number of hydrogen-bond donors (Lipinski definition) is 1. The van der Waals surface area contributed by atoms with Crippen molar-refractivity contribution in [3.05, 3.63) is 46.9 Å². The smallest absolute Gasteiger partial charge is 0.267 e. The van der Waals surface area contributed by atoms with Crippen LogP contribution in [0.5, 0.6) is 0 Å². The lowest BCUT2D eigenvalue weighted by atomic mass is 10.1. The number of anilines is 1. The maximum atomic E-state index is 11.4. The van der Waals surface area contributed by atoms with Gasteiger partial charge in [-0.1, -0.05) is 18.2 Å². The average Bonchev–Trinajstić information content (AvgIpc) is 2.23. The average molecular weight is 201 g/mol. The summed E-state index contributed by atoms with van der Waals surface area (Å²) in [5, 5.41) is 3.94. The summed E-state index contributed by atoms with van der Waals surface area (Å²) in [6, 6.07) is 8.92. The normalized spacial score (nSPS) is 10.2. The Bertz CT molecular complexity index is 546. The van der Waals surface area contributed by atoms with Crippen LogP contribution in [0.4, 0.5) is 5.69 Å². The Labute approximate surface area is 87.0 Å². The van der Waals surface area contributed by atoms with Gasteiger partial charge in [-0.15, -0.1) is 0 Å². The first-order valence-electron chi connectivity index (χ1n) is 4.57. The molecular formula is C11H11N3O. The monoisotopic (exact) mass is 201 g/mol. The van der Waals surface area contributed by atoms with Crippen LogP contribution in [-0.4, -0.2) is 9.78 Å². The van der Waals surface area contributed by atoms with Crippen LogP contribution in [0.2, 0.25) is 0 Å². The molecule has 0 aliphatic rings. The van der Waals surface area contributed by atoms with Gasteiger partial charge in [0.25, 0.3) is 5.56 Å². The van der Waals surface area contributed by atoms with Crippen molar-refractivity contribution in [3.63, 3.8) is 0 Å². The van der Waals surface area contributed by atoms with Gasteiger partial charge < -0.3 is 5.73 Å². The molecular weight excluding hydrogens is 190 g/mol. The predicted molar refractivity (Wildman–Crippen MR) is 59.3 cm³/mol. The summed E-state index contributed by atoms with van der Waals surface area (Å²) in [4.78, 5) is 11.4. The first-order chi connectivity index (χ1) is 7.18. The van der Waals surface area contributed by atoms with E-state index >= 15 is 0 Å². The lowest BCUT2D eigenvalue weighted by Gasteiger charge is -2.04. The number of para-hydroxylation sites is 1. The van der Waals surface area contributed by atoms with Gasteiger partial charge in [0, 0.05) is 29.9 Å². The summed E-state index contributed by atoms with van der Waals surface area (Å²) < 4.78 is 1.28. The van der Waals surface area contributed by atoms with Gasteiger partial charge in [0.05, 0.1) is 6.20 Å². The fourth-order valence-corrected chi connectivity index (χ4v) is 1.38. The van der Waals surface area contributed by atoms with Crippen molar-refractivity contribution in [2.45, 2.75) is 0 Å². The summed E-state index contributed by atoms with van der Waals surface area (Å²) in [6.07, 6.45) is 1.63. The van der Waals surface area contributed by atoms with Crippen molar-refractivity contribution in [3.8, 4) is 11.1 Å². The van der Waals surface area contributed by atoms with Crippen molar-refractivity contribution >= 4 is 5.69 Å². The number of rotatable bonds is 1. The maximum absolute atomic E-state index is 11.4. The van der Waals surface area contributed by atoms with E-state index in [0.717, 1.165) is 11.1 Å². The predicted octanol–water partition coefficient (Wildman–Crippen LogP) is 1.03. The lowest BCUT2D eigenvalue weighted by molar-refractivity contribution is 0.708. The Hall–Kier alpha value is -2.10. The molecule has 2 rings (SSSR count). The van der Waals surface area contributed by atoms with Crippen LogP contribution in [0.25, 0.3) is 11.1 Å². The van der Waals surface area contributed by atoms with E-state index in [4.69, 9.17) is 5.73 Å². The first-order valence-corrected chi connectivity index (χ1v) is 4.57. The van der Waals surface area contributed by atoms with E-state index in [-0.39, 0.29) is 5.56 Å². The van der Waals surface area contributed by atoms with Crippen molar-refractivity contribution in [1.29, 1.82) is 0 Å². The fourth-order valence-electron chi connectivity index (χ4n) is 1.38. The zero-order chi connectivity index (χ0) is 10.8. The molecule has 0 radical (unpaired) electrons. The zero-order valence-electron chi connectivity index (χ0n) is 8.34. The minimum Gasteiger partial charge on any atom is -0.398 e. The van der Waals surface area contributed by atoms with Crippen LogP contribution in [0, 0.1) is 0 Å². The number of aryl methyl sites for hydroxylation is 1. The molecule has 0 bridgehead atoms. The summed E-state index contributed by atoms with van der Waals surface area (Å²) in [6.45, 7) is 0. The van der Waals surface area contributed by atoms with Crippen LogP contribution in [-0.2, 0) is 7.05 Å². The quantitative estimate of drug-likeness (QED) is 0.701.